The van der Waals surface area contributed by atoms with Crippen molar-refractivity contribution in [1.82, 2.24) is 15.1 Å². The summed E-state index contributed by atoms with van der Waals surface area (Å²) in [6.07, 6.45) is 1.71. The van der Waals surface area contributed by atoms with Gasteiger partial charge in [-0.25, -0.2) is 8.78 Å². The summed E-state index contributed by atoms with van der Waals surface area (Å²) in [7, 11) is 6.22. The van der Waals surface area contributed by atoms with Gasteiger partial charge in [0.25, 0.3) is 0 Å². The van der Waals surface area contributed by atoms with Crippen LogP contribution in [-0.2, 0) is 6.42 Å². The molecular formula is C16H25F2N3. The molecular weight excluding hydrogens is 272 g/mol. The van der Waals surface area contributed by atoms with Crippen LogP contribution in [0.1, 0.15) is 12.0 Å². The normalized spacial score (nSPS) is 22.4. The SMILES string of the molecule is CNC(Cc1ccc(F)c(F)c1)CC1CN(C)CCN1C. The van der Waals surface area contributed by atoms with E-state index in [9.17, 15) is 8.78 Å². The second-order valence-corrected chi connectivity index (χ2v) is 6.07. The minimum Gasteiger partial charge on any atom is -0.317 e. The highest BCUT2D eigenvalue weighted by atomic mass is 19.2. The molecule has 1 aliphatic heterocycles. The fourth-order valence-corrected chi connectivity index (χ4v) is 2.94. The Kier molecular flexibility index (Phi) is 5.67. The second-order valence-electron chi connectivity index (χ2n) is 6.07. The van der Waals surface area contributed by atoms with Gasteiger partial charge in [0, 0.05) is 31.7 Å². The Morgan fingerprint density at radius 2 is 2.00 bits per heavy atom. The van der Waals surface area contributed by atoms with E-state index < -0.39 is 11.6 Å². The van der Waals surface area contributed by atoms with Crippen molar-refractivity contribution in [1.29, 1.82) is 0 Å². The van der Waals surface area contributed by atoms with Crippen LogP contribution in [0.2, 0.25) is 0 Å². The van der Waals surface area contributed by atoms with Crippen molar-refractivity contribution in [3.8, 4) is 0 Å². The van der Waals surface area contributed by atoms with Crippen LogP contribution < -0.4 is 5.32 Å². The van der Waals surface area contributed by atoms with Gasteiger partial charge in [-0.1, -0.05) is 6.07 Å². The molecule has 5 heteroatoms. The molecule has 0 aromatic heterocycles. The van der Waals surface area contributed by atoms with Gasteiger partial charge in [-0.2, -0.15) is 0 Å². The quantitative estimate of drug-likeness (QED) is 0.893. The van der Waals surface area contributed by atoms with Crippen molar-refractivity contribution < 1.29 is 8.78 Å². The van der Waals surface area contributed by atoms with Crippen LogP contribution in [0, 0.1) is 11.6 Å². The zero-order valence-corrected chi connectivity index (χ0v) is 13.1. The van der Waals surface area contributed by atoms with E-state index in [1.807, 2.05) is 7.05 Å². The van der Waals surface area contributed by atoms with Crippen molar-refractivity contribution in [3.63, 3.8) is 0 Å². The lowest BCUT2D eigenvalue weighted by Crippen LogP contribution is -2.52. The third-order valence-corrected chi connectivity index (χ3v) is 4.41. The lowest BCUT2D eigenvalue weighted by atomic mass is 9.97. The van der Waals surface area contributed by atoms with E-state index in [0.717, 1.165) is 31.6 Å². The average Bonchev–Trinajstić information content (AvgIpc) is 2.46. The number of hydrogen-bond donors (Lipinski definition) is 1. The molecule has 21 heavy (non-hydrogen) atoms. The van der Waals surface area contributed by atoms with E-state index in [4.69, 9.17) is 0 Å². The van der Waals surface area contributed by atoms with Gasteiger partial charge in [-0.15, -0.1) is 0 Å². The molecule has 1 aromatic carbocycles. The molecule has 0 saturated carbocycles. The molecule has 2 atom stereocenters. The van der Waals surface area contributed by atoms with Crippen LogP contribution in [0.3, 0.4) is 0 Å². The largest absolute Gasteiger partial charge is 0.317 e. The molecule has 2 unspecified atom stereocenters. The Morgan fingerprint density at radius 3 is 2.67 bits per heavy atom. The Bertz CT molecular complexity index is 467. The smallest absolute Gasteiger partial charge is 0.159 e. The number of nitrogens with zero attached hydrogens (tertiary/aromatic N) is 2. The number of rotatable bonds is 5. The van der Waals surface area contributed by atoms with Gasteiger partial charge in [-0.3, -0.25) is 0 Å². The minimum absolute atomic E-state index is 0.258. The van der Waals surface area contributed by atoms with E-state index in [-0.39, 0.29) is 6.04 Å². The highest BCUT2D eigenvalue weighted by Gasteiger charge is 2.24. The first-order valence-corrected chi connectivity index (χ1v) is 7.49. The number of nitrogens with one attached hydrogen (secondary N) is 1. The van der Waals surface area contributed by atoms with Crippen LogP contribution in [0.5, 0.6) is 0 Å². The summed E-state index contributed by atoms with van der Waals surface area (Å²) >= 11 is 0. The van der Waals surface area contributed by atoms with Crippen molar-refractivity contribution in [2.75, 3.05) is 40.8 Å². The first kappa shape index (κ1) is 16.3. The fourth-order valence-electron chi connectivity index (χ4n) is 2.94. The summed E-state index contributed by atoms with van der Waals surface area (Å²) in [5.41, 5.74) is 0.833. The maximum Gasteiger partial charge on any atom is 0.159 e. The number of halogens is 2. The molecule has 0 radical (unpaired) electrons. The van der Waals surface area contributed by atoms with Gasteiger partial charge in [0.15, 0.2) is 11.6 Å². The molecule has 118 valence electrons. The van der Waals surface area contributed by atoms with Crippen molar-refractivity contribution in [2.24, 2.45) is 0 Å². The summed E-state index contributed by atoms with van der Waals surface area (Å²) in [5.74, 6) is -1.55. The highest BCUT2D eigenvalue weighted by molar-refractivity contribution is 5.19. The molecule has 1 heterocycles. The topological polar surface area (TPSA) is 18.5 Å². The lowest BCUT2D eigenvalue weighted by molar-refractivity contribution is 0.102. The molecule has 0 amide bonds. The third kappa shape index (κ3) is 4.46. The minimum atomic E-state index is -0.784. The summed E-state index contributed by atoms with van der Waals surface area (Å²) in [4.78, 5) is 4.73. The van der Waals surface area contributed by atoms with Gasteiger partial charge in [0.1, 0.15) is 0 Å². The number of benzene rings is 1. The van der Waals surface area contributed by atoms with E-state index in [1.54, 1.807) is 6.07 Å². The van der Waals surface area contributed by atoms with E-state index in [0.29, 0.717) is 12.5 Å². The third-order valence-electron chi connectivity index (χ3n) is 4.41. The van der Waals surface area contributed by atoms with Gasteiger partial charge < -0.3 is 15.1 Å². The second kappa shape index (κ2) is 7.29. The number of likely N-dealkylation sites (N-methyl/N-ethyl adjacent to an activating group) is 3. The van der Waals surface area contributed by atoms with Gasteiger partial charge in [0.05, 0.1) is 0 Å². The zero-order chi connectivity index (χ0) is 15.4. The Morgan fingerprint density at radius 1 is 1.24 bits per heavy atom. The van der Waals surface area contributed by atoms with E-state index in [2.05, 4.69) is 29.2 Å². The number of hydrogen-bond acceptors (Lipinski definition) is 3. The van der Waals surface area contributed by atoms with E-state index in [1.165, 1.54) is 12.1 Å². The Hall–Kier alpha value is -1.04. The van der Waals surface area contributed by atoms with Crippen LogP contribution in [0.15, 0.2) is 18.2 Å². The highest BCUT2D eigenvalue weighted by Crippen LogP contribution is 2.16. The predicted octanol–water partition coefficient (Wildman–Crippen LogP) is 1.73. The Balaban J connectivity index is 1.97. The van der Waals surface area contributed by atoms with Crippen molar-refractivity contribution in [2.45, 2.75) is 24.9 Å². The first-order valence-electron chi connectivity index (χ1n) is 7.49. The molecule has 1 fully saturated rings. The maximum absolute atomic E-state index is 13.3. The summed E-state index contributed by atoms with van der Waals surface area (Å²) in [6, 6.07) is 4.92. The van der Waals surface area contributed by atoms with Crippen LogP contribution in [-0.4, -0.2) is 62.7 Å². The van der Waals surface area contributed by atoms with Crippen LogP contribution >= 0.6 is 0 Å². The number of piperazine rings is 1. The fraction of sp³-hybridized carbons (Fsp3) is 0.625. The van der Waals surface area contributed by atoms with Crippen molar-refractivity contribution >= 4 is 0 Å². The first-order chi connectivity index (χ1) is 9.99. The molecule has 0 bridgehead atoms. The maximum atomic E-state index is 13.3. The predicted molar refractivity (Wildman–Crippen MR) is 81.4 cm³/mol. The molecule has 0 spiro atoms. The van der Waals surface area contributed by atoms with Gasteiger partial charge >= 0.3 is 0 Å². The molecule has 2 rings (SSSR count). The Labute approximate surface area is 125 Å². The average molecular weight is 297 g/mol. The van der Waals surface area contributed by atoms with Gasteiger partial charge in [-0.05, 0) is 51.7 Å². The monoisotopic (exact) mass is 297 g/mol. The molecule has 0 aliphatic carbocycles. The summed E-state index contributed by atoms with van der Waals surface area (Å²) in [5, 5.41) is 3.31. The lowest BCUT2D eigenvalue weighted by Gasteiger charge is -2.39. The van der Waals surface area contributed by atoms with Crippen LogP contribution in [0.25, 0.3) is 0 Å². The summed E-state index contributed by atoms with van der Waals surface area (Å²) in [6.45, 7) is 3.22. The van der Waals surface area contributed by atoms with E-state index >= 15 is 0 Å². The summed E-state index contributed by atoms with van der Waals surface area (Å²) < 4.78 is 26.3. The standard InChI is InChI=1S/C16H25F2N3/c1-19-13(8-12-4-5-15(17)16(18)9-12)10-14-11-20(2)6-7-21(14)3/h4-5,9,13-14,19H,6-8,10-11H2,1-3H3. The molecule has 1 saturated heterocycles. The molecule has 1 aromatic rings. The van der Waals surface area contributed by atoms with Crippen molar-refractivity contribution in [3.05, 3.63) is 35.4 Å². The molecule has 3 nitrogen and oxygen atoms in total. The van der Waals surface area contributed by atoms with Crippen LogP contribution in [0.4, 0.5) is 8.78 Å². The molecule has 1 aliphatic rings. The van der Waals surface area contributed by atoms with Gasteiger partial charge in [0.2, 0.25) is 0 Å². The zero-order valence-electron chi connectivity index (χ0n) is 13.1. The molecule has 1 N–H and O–H groups in total.